The highest BCUT2D eigenvalue weighted by molar-refractivity contribution is 5.78. The van der Waals surface area contributed by atoms with Crippen LogP contribution in [0.5, 0.6) is 0 Å². The molecule has 0 aliphatic heterocycles. The second-order valence-corrected chi connectivity index (χ2v) is 7.22. The standard InChI is InChI=1S/C18H29N3O/c1-4-18(2,3)13-5-8-15(9-6-13)21-17(22)11-16-10-7-14(19)12-20-16/h7,10,12-13,15H,4-6,8-9,11,19H2,1-3H3,(H,21,22). The van der Waals surface area contributed by atoms with Crippen molar-refractivity contribution in [3.63, 3.8) is 0 Å². The Hall–Kier alpha value is -1.58. The van der Waals surface area contributed by atoms with Crippen LogP contribution >= 0.6 is 0 Å². The minimum absolute atomic E-state index is 0.0653. The molecule has 0 unspecified atom stereocenters. The zero-order valence-corrected chi connectivity index (χ0v) is 14.1. The molecule has 1 aromatic heterocycles. The van der Waals surface area contributed by atoms with Gasteiger partial charge in [0.15, 0.2) is 0 Å². The largest absolute Gasteiger partial charge is 0.397 e. The van der Waals surface area contributed by atoms with E-state index in [1.165, 1.54) is 19.3 Å². The molecule has 0 bridgehead atoms. The van der Waals surface area contributed by atoms with Gasteiger partial charge in [-0.1, -0.05) is 27.2 Å². The normalized spacial score (nSPS) is 22.3. The predicted octanol–water partition coefficient (Wildman–Crippen LogP) is 3.32. The number of rotatable bonds is 5. The Morgan fingerprint density at radius 2 is 2.00 bits per heavy atom. The number of nitrogens with one attached hydrogen (secondary N) is 1. The molecule has 1 fully saturated rings. The summed E-state index contributed by atoms with van der Waals surface area (Å²) in [5, 5.41) is 3.16. The van der Waals surface area contributed by atoms with Crippen LogP contribution < -0.4 is 11.1 Å². The van der Waals surface area contributed by atoms with Gasteiger partial charge < -0.3 is 11.1 Å². The van der Waals surface area contributed by atoms with E-state index >= 15 is 0 Å². The molecular weight excluding hydrogens is 274 g/mol. The second kappa shape index (κ2) is 7.12. The second-order valence-electron chi connectivity index (χ2n) is 7.22. The van der Waals surface area contributed by atoms with Crippen molar-refractivity contribution in [2.75, 3.05) is 5.73 Å². The smallest absolute Gasteiger partial charge is 0.226 e. The van der Waals surface area contributed by atoms with Gasteiger partial charge in [-0.3, -0.25) is 9.78 Å². The van der Waals surface area contributed by atoms with Crippen LogP contribution in [0.25, 0.3) is 0 Å². The highest BCUT2D eigenvalue weighted by atomic mass is 16.1. The van der Waals surface area contributed by atoms with Crippen LogP contribution in [0, 0.1) is 11.3 Å². The number of anilines is 1. The number of pyridine rings is 1. The molecule has 1 heterocycles. The molecule has 0 atom stereocenters. The van der Waals surface area contributed by atoms with Crippen LogP contribution in [0.2, 0.25) is 0 Å². The zero-order valence-electron chi connectivity index (χ0n) is 14.1. The summed E-state index contributed by atoms with van der Waals surface area (Å²) in [5.74, 6) is 0.847. The van der Waals surface area contributed by atoms with Crippen molar-refractivity contribution < 1.29 is 4.79 Å². The minimum Gasteiger partial charge on any atom is -0.397 e. The first kappa shape index (κ1) is 16.8. The summed E-state index contributed by atoms with van der Waals surface area (Å²) in [7, 11) is 0. The van der Waals surface area contributed by atoms with E-state index in [1.807, 2.05) is 6.07 Å². The van der Waals surface area contributed by atoms with Crippen LogP contribution in [0.15, 0.2) is 18.3 Å². The lowest BCUT2D eigenvalue weighted by Gasteiger charge is -2.39. The predicted molar refractivity (Wildman–Crippen MR) is 90.3 cm³/mol. The number of hydrogen-bond donors (Lipinski definition) is 2. The Morgan fingerprint density at radius 3 is 2.55 bits per heavy atom. The lowest BCUT2D eigenvalue weighted by atomic mass is 9.69. The summed E-state index contributed by atoms with van der Waals surface area (Å²) in [5.41, 5.74) is 7.42. The maximum Gasteiger partial charge on any atom is 0.226 e. The molecule has 0 saturated heterocycles. The Kier molecular flexibility index (Phi) is 5.43. The van der Waals surface area contributed by atoms with Gasteiger partial charge in [0.05, 0.1) is 18.3 Å². The molecule has 0 radical (unpaired) electrons. The minimum atomic E-state index is 0.0653. The fourth-order valence-electron chi connectivity index (χ4n) is 3.29. The molecule has 1 aliphatic carbocycles. The van der Waals surface area contributed by atoms with E-state index in [1.54, 1.807) is 12.3 Å². The van der Waals surface area contributed by atoms with E-state index in [4.69, 9.17) is 5.73 Å². The number of aromatic nitrogens is 1. The van der Waals surface area contributed by atoms with Gasteiger partial charge in [-0.25, -0.2) is 0 Å². The molecule has 1 aliphatic rings. The molecule has 1 aromatic rings. The monoisotopic (exact) mass is 303 g/mol. The summed E-state index contributed by atoms with van der Waals surface area (Å²) in [6.07, 6.45) is 7.76. The third kappa shape index (κ3) is 4.46. The van der Waals surface area contributed by atoms with Crippen LogP contribution in [0.3, 0.4) is 0 Å². The average Bonchev–Trinajstić information content (AvgIpc) is 2.50. The topological polar surface area (TPSA) is 68.0 Å². The molecule has 22 heavy (non-hydrogen) atoms. The van der Waals surface area contributed by atoms with Gasteiger partial charge in [-0.15, -0.1) is 0 Å². The SMILES string of the molecule is CCC(C)(C)C1CCC(NC(=O)Cc2ccc(N)cn2)CC1. The van der Waals surface area contributed by atoms with Gasteiger partial charge >= 0.3 is 0 Å². The van der Waals surface area contributed by atoms with Crippen LogP contribution in [-0.4, -0.2) is 16.9 Å². The van der Waals surface area contributed by atoms with E-state index in [9.17, 15) is 4.79 Å². The van der Waals surface area contributed by atoms with E-state index in [-0.39, 0.29) is 5.91 Å². The molecular formula is C18H29N3O. The van der Waals surface area contributed by atoms with Crippen LogP contribution in [-0.2, 0) is 11.2 Å². The van der Waals surface area contributed by atoms with Gasteiger partial charge in [0.25, 0.3) is 0 Å². The highest BCUT2D eigenvalue weighted by Crippen LogP contribution is 2.40. The van der Waals surface area contributed by atoms with Crippen LogP contribution in [0.4, 0.5) is 5.69 Å². The molecule has 4 nitrogen and oxygen atoms in total. The number of nitrogens with two attached hydrogens (primary N) is 1. The maximum absolute atomic E-state index is 12.1. The third-order valence-corrected chi connectivity index (χ3v) is 5.30. The fraction of sp³-hybridized carbons (Fsp3) is 0.667. The van der Waals surface area contributed by atoms with E-state index in [0.29, 0.717) is 23.6 Å². The Bertz CT molecular complexity index is 488. The summed E-state index contributed by atoms with van der Waals surface area (Å²) in [6, 6.07) is 3.92. The molecule has 2 rings (SSSR count). The van der Waals surface area contributed by atoms with Crippen molar-refractivity contribution in [1.29, 1.82) is 0 Å². The number of amides is 1. The van der Waals surface area contributed by atoms with Gasteiger partial charge in [-0.05, 0) is 49.1 Å². The summed E-state index contributed by atoms with van der Waals surface area (Å²) in [6.45, 7) is 7.00. The van der Waals surface area contributed by atoms with Crippen molar-refractivity contribution >= 4 is 11.6 Å². The number of hydrogen-bond acceptors (Lipinski definition) is 3. The fourth-order valence-corrected chi connectivity index (χ4v) is 3.29. The lowest BCUT2D eigenvalue weighted by molar-refractivity contribution is -0.121. The highest BCUT2D eigenvalue weighted by Gasteiger charge is 2.32. The van der Waals surface area contributed by atoms with Crippen molar-refractivity contribution in [2.45, 2.75) is 65.3 Å². The molecule has 122 valence electrons. The molecule has 4 heteroatoms. The Balaban J connectivity index is 1.78. The number of nitrogens with zero attached hydrogens (tertiary/aromatic N) is 1. The van der Waals surface area contributed by atoms with Gasteiger partial charge in [0, 0.05) is 11.7 Å². The first-order valence-electron chi connectivity index (χ1n) is 8.40. The number of nitrogen functional groups attached to an aromatic ring is 1. The molecule has 0 aromatic carbocycles. The van der Waals surface area contributed by atoms with Crippen molar-refractivity contribution in [3.05, 3.63) is 24.0 Å². The van der Waals surface area contributed by atoms with Gasteiger partial charge in [-0.2, -0.15) is 0 Å². The van der Waals surface area contributed by atoms with E-state index in [0.717, 1.165) is 24.5 Å². The first-order valence-corrected chi connectivity index (χ1v) is 8.40. The first-order chi connectivity index (χ1) is 10.4. The zero-order chi connectivity index (χ0) is 16.2. The summed E-state index contributed by atoms with van der Waals surface area (Å²) in [4.78, 5) is 16.3. The van der Waals surface area contributed by atoms with Crippen LogP contribution in [0.1, 0.15) is 58.6 Å². The average molecular weight is 303 g/mol. The lowest BCUT2D eigenvalue weighted by Crippen LogP contribution is -2.40. The molecule has 1 saturated carbocycles. The Morgan fingerprint density at radius 1 is 1.32 bits per heavy atom. The van der Waals surface area contributed by atoms with E-state index in [2.05, 4.69) is 31.1 Å². The van der Waals surface area contributed by atoms with Crippen molar-refractivity contribution in [2.24, 2.45) is 11.3 Å². The van der Waals surface area contributed by atoms with Gasteiger partial charge in [0.2, 0.25) is 5.91 Å². The third-order valence-electron chi connectivity index (χ3n) is 5.30. The molecule has 1 amide bonds. The summed E-state index contributed by atoms with van der Waals surface area (Å²) >= 11 is 0. The summed E-state index contributed by atoms with van der Waals surface area (Å²) < 4.78 is 0. The van der Waals surface area contributed by atoms with Crippen molar-refractivity contribution in [3.8, 4) is 0 Å². The number of carbonyl (C=O) groups is 1. The quantitative estimate of drug-likeness (QED) is 0.877. The van der Waals surface area contributed by atoms with E-state index < -0.39 is 0 Å². The molecule has 3 N–H and O–H groups in total. The van der Waals surface area contributed by atoms with Gasteiger partial charge in [0.1, 0.15) is 0 Å². The number of carbonyl (C=O) groups excluding carboxylic acids is 1. The maximum atomic E-state index is 12.1. The Labute approximate surface area is 133 Å². The molecule has 0 spiro atoms. The van der Waals surface area contributed by atoms with Crippen molar-refractivity contribution in [1.82, 2.24) is 10.3 Å².